The van der Waals surface area contributed by atoms with Crippen LogP contribution in [0.2, 0.25) is 0 Å². The molecular weight excluding hydrogens is 470 g/mol. The molecule has 37 heavy (non-hydrogen) atoms. The molecule has 5 heterocycles. The van der Waals surface area contributed by atoms with Gasteiger partial charge in [0.25, 0.3) is 5.91 Å². The lowest BCUT2D eigenvalue weighted by atomic mass is 9.85. The Kier molecular flexibility index (Phi) is 5.77. The van der Waals surface area contributed by atoms with Crippen molar-refractivity contribution in [2.24, 2.45) is 11.3 Å². The molecule has 0 bridgehead atoms. The average Bonchev–Trinajstić information content (AvgIpc) is 3.67. The van der Waals surface area contributed by atoms with E-state index in [4.69, 9.17) is 0 Å². The van der Waals surface area contributed by atoms with Crippen LogP contribution in [0.1, 0.15) is 65.7 Å². The Hall–Kier alpha value is -3.69. The zero-order valence-electron chi connectivity index (χ0n) is 21.4. The number of rotatable bonds is 5. The Morgan fingerprint density at radius 2 is 2.00 bits per heavy atom. The largest absolute Gasteiger partial charge is 0.477 e. The number of hydrogen-bond donors (Lipinski definition) is 2. The van der Waals surface area contributed by atoms with E-state index in [1.807, 2.05) is 19.2 Å². The molecule has 10 heteroatoms. The van der Waals surface area contributed by atoms with E-state index in [-0.39, 0.29) is 28.9 Å². The van der Waals surface area contributed by atoms with Crippen LogP contribution in [0.25, 0.3) is 5.65 Å². The molecular formula is C27H33N7O3. The summed E-state index contributed by atoms with van der Waals surface area (Å²) in [6, 6.07) is 7.33. The average molecular weight is 504 g/mol. The second kappa shape index (κ2) is 9.00. The monoisotopic (exact) mass is 503 g/mol. The normalized spacial score (nSPS) is 25.5. The van der Waals surface area contributed by atoms with Crippen molar-refractivity contribution in [3.8, 4) is 0 Å². The van der Waals surface area contributed by atoms with Crippen molar-refractivity contribution < 1.29 is 14.7 Å². The molecule has 3 unspecified atom stereocenters. The Labute approximate surface area is 215 Å². The summed E-state index contributed by atoms with van der Waals surface area (Å²) in [4.78, 5) is 37.8. The molecule has 10 nitrogen and oxygen atoms in total. The van der Waals surface area contributed by atoms with Gasteiger partial charge in [0.05, 0.1) is 11.9 Å². The molecule has 3 aromatic heterocycles. The highest BCUT2D eigenvalue weighted by molar-refractivity contribution is 5.91. The predicted molar refractivity (Wildman–Crippen MR) is 139 cm³/mol. The van der Waals surface area contributed by atoms with Gasteiger partial charge in [0.1, 0.15) is 5.82 Å². The first-order valence-corrected chi connectivity index (χ1v) is 13.2. The van der Waals surface area contributed by atoms with Gasteiger partial charge in [-0.2, -0.15) is 0 Å². The number of carbonyl (C=O) groups excluding carboxylic acids is 1. The van der Waals surface area contributed by atoms with Crippen LogP contribution in [0.5, 0.6) is 0 Å². The third kappa shape index (κ3) is 4.49. The number of hydrogen-bond acceptors (Lipinski definition) is 7. The molecule has 3 aliphatic rings. The quantitative estimate of drug-likeness (QED) is 0.546. The lowest BCUT2D eigenvalue weighted by Crippen LogP contribution is -2.35. The first-order chi connectivity index (χ1) is 17.8. The third-order valence-corrected chi connectivity index (χ3v) is 8.35. The summed E-state index contributed by atoms with van der Waals surface area (Å²) in [5, 5.41) is 17.0. The SMILES string of the molecule is Cc1cc(N2CCC(C)C2)cn2nc(C(=O)NC3CCC4(CCN(c5cccc(C(=O)O)n5)C4)C3)nc12. The number of amides is 1. The van der Waals surface area contributed by atoms with Crippen molar-refractivity contribution in [3.63, 3.8) is 0 Å². The van der Waals surface area contributed by atoms with Crippen LogP contribution in [0, 0.1) is 18.3 Å². The highest BCUT2D eigenvalue weighted by Crippen LogP contribution is 2.46. The number of aryl methyl sites for hydroxylation is 1. The number of nitrogens with one attached hydrogen (secondary N) is 1. The summed E-state index contributed by atoms with van der Waals surface area (Å²) < 4.78 is 1.74. The van der Waals surface area contributed by atoms with Crippen LogP contribution in [0.3, 0.4) is 0 Å². The van der Waals surface area contributed by atoms with Crippen LogP contribution >= 0.6 is 0 Å². The molecule has 2 aliphatic heterocycles. The van der Waals surface area contributed by atoms with E-state index in [2.05, 4.69) is 43.2 Å². The Morgan fingerprint density at radius 3 is 2.78 bits per heavy atom. The number of carboxylic acid groups (broad SMARTS) is 1. The number of carbonyl (C=O) groups is 2. The van der Waals surface area contributed by atoms with Crippen molar-refractivity contribution >= 4 is 29.0 Å². The maximum Gasteiger partial charge on any atom is 0.354 e. The topological polar surface area (TPSA) is 116 Å². The summed E-state index contributed by atoms with van der Waals surface area (Å²) in [5.74, 6) is 0.347. The minimum Gasteiger partial charge on any atom is -0.477 e. The van der Waals surface area contributed by atoms with Crippen LogP contribution in [0.15, 0.2) is 30.5 Å². The molecule has 3 atom stereocenters. The van der Waals surface area contributed by atoms with Gasteiger partial charge in [-0.05, 0) is 74.1 Å². The minimum atomic E-state index is -1.02. The summed E-state index contributed by atoms with van der Waals surface area (Å²) in [5.41, 5.74) is 3.01. The van der Waals surface area contributed by atoms with Gasteiger partial charge < -0.3 is 20.2 Å². The van der Waals surface area contributed by atoms with E-state index in [1.165, 1.54) is 12.5 Å². The Morgan fingerprint density at radius 1 is 1.14 bits per heavy atom. The zero-order valence-corrected chi connectivity index (χ0v) is 21.4. The van der Waals surface area contributed by atoms with Gasteiger partial charge >= 0.3 is 5.97 Å². The molecule has 3 aromatic rings. The lowest BCUT2D eigenvalue weighted by molar-refractivity contribution is 0.0690. The van der Waals surface area contributed by atoms with Crippen molar-refractivity contribution in [2.75, 3.05) is 36.0 Å². The zero-order chi connectivity index (χ0) is 25.7. The smallest absolute Gasteiger partial charge is 0.354 e. The van der Waals surface area contributed by atoms with Crippen molar-refractivity contribution in [3.05, 3.63) is 47.5 Å². The molecule has 3 fully saturated rings. The summed E-state index contributed by atoms with van der Waals surface area (Å²) in [7, 11) is 0. The molecule has 1 spiro atoms. The number of carboxylic acids is 1. The molecule has 2 N–H and O–H groups in total. The minimum absolute atomic E-state index is 0.0623. The Balaban J connectivity index is 1.12. The van der Waals surface area contributed by atoms with E-state index >= 15 is 0 Å². The van der Waals surface area contributed by atoms with Gasteiger partial charge in [-0.25, -0.2) is 19.3 Å². The lowest BCUT2D eigenvalue weighted by Gasteiger charge is -2.25. The molecule has 1 aliphatic carbocycles. The molecule has 6 rings (SSSR count). The predicted octanol–water partition coefficient (Wildman–Crippen LogP) is 3.16. The summed E-state index contributed by atoms with van der Waals surface area (Å²) in [6.07, 6.45) is 6.98. The van der Waals surface area contributed by atoms with E-state index < -0.39 is 5.97 Å². The van der Waals surface area contributed by atoms with E-state index in [0.29, 0.717) is 17.4 Å². The molecule has 0 radical (unpaired) electrons. The second-order valence-corrected chi connectivity index (χ2v) is 11.2. The number of aromatic carboxylic acids is 1. The first-order valence-electron chi connectivity index (χ1n) is 13.2. The third-order valence-electron chi connectivity index (χ3n) is 8.35. The fourth-order valence-corrected chi connectivity index (χ4v) is 6.37. The molecule has 2 saturated heterocycles. The molecule has 1 saturated carbocycles. The van der Waals surface area contributed by atoms with E-state index in [9.17, 15) is 14.7 Å². The van der Waals surface area contributed by atoms with E-state index in [0.717, 1.165) is 63.1 Å². The van der Waals surface area contributed by atoms with Gasteiger partial charge in [0, 0.05) is 32.2 Å². The number of aromatic nitrogens is 4. The van der Waals surface area contributed by atoms with Crippen molar-refractivity contribution in [1.82, 2.24) is 24.9 Å². The fourth-order valence-electron chi connectivity index (χ4n) is 6.37. The number of nitrogens with zero attached hydrogens (tertiary/aromatic N) is 6. The number of fused-ring (bicyclic) bond motifs is 1. The van der Waals surface area contributed by atoms with Crippen LogP contribution in [0.4, 0.5) is 11.5 Å². The highest BCUT2D eigenvalue weighted by Gasteiger charge is 2.45. The van der Waals surface area contributed by atoms with Crippen molar-refractivity contribution in [2.45, 2.75) is 52.0 Å². The van der Waals surface area contributed by atoms with Crippen molar-refractivity contribution in [1.29, 1.82) is 0 Å². The standard InChI is InChI=1S/C27H33N7O3/c1-17-7-10-32(14-17)20-12-18(2)24-30-23(31-34(24)15-20)25(35)28-19-6-8-27(13-19)9-11-33(16-27)22-5-3-4-21(29-22)26(36)37/h3-5,12,15,17,19H,6-11,13-14,16H2,1-2H3,(H,28,35)(H,36,37). The van der Waals surface area contributed by atoms with Gasteiger partial charge in [-0.3, -0.25) is 4.79 Å². The fraction of sp³-hybridized carbons (Fsp3) is 0.519. The highest BCUT2D eigenvalue weighted by atomic mass is 16.4. The molecule has 1 amide bonds. The molecule has 194 valence electrons. The van der Waals surface area contributed by atoms with Crippen LogP contribution in [-0.4, -0.2) is 68.8 Å². The number of pyridine rings is 2. The van der Waals surface area contributed by atoms with Gasteiger partial charge in [-0.1, -0.05) is 13.0 Å². The summed E-state index contributed by atoms with van der Waals surface area (Å²) in [6.45, 7) is 8.02. The van der Waals surface area contributed by atoms with Crippen LogP contribution < -0.4 is 15.1 Å². The second-order valence-electron chi connectivity index (χ2n) is 11.2. The van der Waals surface area contributed by atoms with Gasteiger partial charge in [0.15, 0.2) is 11.3 Å². The van der Waals surface area contributed by atoms with Gasteiger partial charge in [0.2, 0.25) is 5.82 Å². The number of anilines is 2. The maximum atomic E-state index is 13.1. The van der Waals surface area contributed by atoms with E-state index in [1.54, 1.807) is 10.6 Å². The maximum absolute atomic E-state index is 13.1. The van der Waals surface area contributed by atoms with Crippen LogP contribution in [-0.2, 0) is 0 Å². The summed E-state index contributed by atoms with van der Waals surface area (Å²) >= 11 is 0. The first kappa shape index (κ1) is 23.7. The Bertz CT molecular complexity index is 1370. The molecule has 0 aromatic carbocycles. The van der Waals surface area contributed by atoms with Gasteiger partial charge in [-0.15, -0.1) is 5.10 Å².